The van der Waals surface area contributed by atoms with Crippen LogP contribution in [0.25, 0.3) is 0 Å². The van der Waals surface area contributed by atoms with Crippen molar-refractivity contribution in [3.8, 4) is 0 Å². The molecule has 15 N–H and O–H groups in total. The molecule has 0 aromatic rings. The summed E-state index contributed by atoms with van der Waals surface area (Å²) in [6.07, 6.45) is -8.45. The van der Waals surface area contributed by atoms with E-state index in [1.54, 1.807) is 7.05 Å². The quantitative estimate of drug-likeness (QED) is 0.0896. The molecule has 14 atom stereocenters. The Morgan fingerprint density at radius 2 is 1.73 bits per heavy atom. The number of nitrogens with one attached hydrogen (secondary N) is 3. The standard InChI is InChI=1S/C27H52N6O11/c1-26(39)11-41-25(19(37)22(26)31-2)44-21-15(33-23(38)17(35)16(34)8-28)7-14(30)20(18(21)36)43-24-13(29)4-3-12(42-24)9-32-10-27(40)5-6-27/h12-22,24-25,31-32,34-37,39-40H,3-11,28-30H2,1-2H3,(H,33,38). The molecular formula is C27H52N6O11. The zero-order chi connectivity index (χ0) is 32.4. The molecule has 256 valence electrons. The molecule has 17 nitrogen and oxygen atoms in total. The van der Waals surface area contributed by atoms with Gasteiger partial charge in [-0.1, -0.05) is 0 Å². The molecule has 4 aliphatic rings. The summed E-state index contributed by atoms with van der Waals surface area (Å²) in [6.45, 7) is 1.84. The number of carbonyl (C=O) groups is 1. The van der Waals surface area contributed by atoms with E-state index in [-0.39, 0.29) is 25.7 Å². The van der Waals surface area contributed by atoms with E-state index in [2.05, 4.69) is 16.0 Å². The smallest absolute Gasteiger partial charge is 0.251 e. The van der Waals surface area contributed by atoms with Crippen LogP contribution in [0.2, 0.25) is 0 Å². The SMILES string of the molecule is CNC1C(O)C(OC2C(NC(=O)C(O)C(O)CN)CC(N)C(OC3OC(CNCC4(O)CC4)CCC3N)C2O)OCC1(C)O. The fraction of sp³-hybridized carbons (Fsp3) is 0.963. The molecule has 1 amide bonds. The normalized spacial score (nSPS) is 43.7. The molecule has 14 unspecified atom stereocenters. The third-order valence-electron chi connectivity index (χ3n) is 9.10. The van der Waals surface area contributed by atoms with Crippen molar-refractivity contribution in [2.45, 2.75) is 130 Å². The number of aliphatic hydroxyl groups excluding tert-OH is 4. The molecule has 4 rings (SSSR count). The Morgan fingerprint density at radius 3 is 2.36 bits per heavy atom. The van der Waals surface area contributed by atoms with E-state index in [9.17, 15) is 35.4 Å². The van der Waals surface area contributed by atoms with Crippen molar-refractivity contribution in [1.82, 2.24) is 16.0 Å². The van der Waals surface area contributed by atoms with Gasteiger partial charge >= 0.3 is 0 Å². The van der Waals surface area contributed by atoms with Crippen LogP contribution in [0.5, 0.6) is 0 Å². The van der Waals surface area contributed by atoms with Gasteiger partial charge in [0.15, 0.2) is 18.7 Å². The van der Waals surface area contributed by atoms with Crippen LogP contribution in [0, 0.1) is 0 Å². The van der Waals surface area contributed by atoms with Gasteiger partial charge in [0.1, 0.15) is 36.1 Å². The molecule has 44 heavy (non-hydrogen) atoms. The first-order valence-corrected chi connectivity index (χ1v) is 15.3. The highest BCUT2D eigenvalue weighted by atomic mass is 16.7. The lowest BCUT2D eigenvalue weighted by Crippen LogP contribution is -2.69. The van der Waals surface area contributed by atoms with E-state index in [0.717, 1.165) is 12.8 Å². The number of carbonyl (C=O) groups excluding carboxylic acids is 1. The first-order chi connectivity index (χ1) is 20.7. The van der Waals surface area contributed by atoms with E-state index in [0.29, 0.717) is 25.9 Å². The first-order valence-electron chi connectivity index (χ1n) is 15.3. The predicted octanol–water partition coefficient (Wildman–Crippen LogP) is -5.98. The highest BCUT2D eigenvalue weighted by Gasteiger charge is 2.52. The van der Waals surface area contributed by atoms with Gasteiger partial charge in [0.2, 0.25) is 0 Å². The number of hydrogen-bond donors (Lipinski definition) is 12. The summed E-state index contributed by atoms with van der Waals surface area (Å²) in [5, 5.41) is 72.0. The van der Waals surface area contributed by atoms with Gasteiger partial charge in [-0.2, -0.15) is 0 Å². The molecule has 2 aliphatic heterocycles. The Hall–Kier alpha value is -1.13. The van der Waals surface area contributed by atoms with E-state index in [1.807, 2.05) is 0 Å². The maximum absolute atomic E-state index is 12.8. The van der Waals surface area contributed by atoms with E-state index in [4.69, 9.17) is 36.1 Å². The van der Waals surface area contributed by atoms with Crippen molar-refractivity contribution in [3.05, 3.63) is 0 Å². The molecule has 0 aromatic carbocycles. The van der Waals surface area contributed by atoms with Crippen molar-refractivity contribution in [2.24, 2.45) is 17.2 Å². The van der Waals surface area contributed by atoms with Crippen LogP contribution < -0.4 is 33.2 Å². The second-order valence-corrected chi connectivity index (χ2v) is 13.0. The van der Waals surface area contributed by atoms with Gasteiger partial charge in [0, 0.05) is 25.7 Å². The van der Waals surface area contributed by atoms with Crippen LogP contribution in [0.4, 0.5) is 0 Å². The number of hydrogen-bond acceptors (Lipinski definition) is 16. The molecule has 0 aromatic heterocycles. The summed E-state index contributed by atoms with van der Waals surface area (Å²) >= 11 is 0. The van der Waals surface area contributed by atoms with Gasteiger partial charge in [-0.25, -0.2) is 0 Å². The minimum atomic E-state index is -1.86. The van der Waals surface area contributed by atoms with Crippen LogP contribution >= 0.6 is 0 Å². The fourth-order valence-corrected chi connectivity index (χ4v) is 6.13. The Labute approximate surface area is 256 Å². The van der Waals surface area contributed by atoms with Crippen molar-refractivity contribution in [2.75, 3.05) is 33.3 Å². The maximum atomic E-state index is 12.8. The van der Waals surface area contributed by atoms with Gasteiger partial charge in [0.05, 0.1) is 36.4 Å². The second kappa shape index (κ2) is 14.7. The lowest BCUT2D eigenvalue weighted by atomic mass is 9.83. The molecule has 4 fully saturated rings. The lowest BCUT2D eigenvalue weighted by Gasteiger charge is -2.49. The number of nitrogens with two attached hydrogens (primary N) is 3. The summed E-state index contributed by atoms with van der Waals surface area (Å²) in [5.41, 5.74) is 16.1. The molecule has 2 heterocycles. The van der Waals surface area contributed by atoms with E-state index < -0.39 is 90.5 Å². The van der Waals surface area contributed by atoms with Crippen molar-refractivity contribution >= 4 is 5.91 Å². The average Bonchev–Trinajstić information content (AvgIpc) is 3.71. The predicted molar refractivity (Wildman–Crippen MR) is 153 cm³/mol. The summed E-state index contributed by atoms with van der Waals surface area (Å²) in [7, 11) is 1.56. The summed E-state index contributed by atoms with van der Waals surface area (Å²) < 4.78 is 24.0. The fourth-order valence-electron chi connectivity index (χ4n) is 6.13. The van der Waals surface area contributed by atoms with Crippen molar-refractivity contribution in [3.63, 3.8) is 0 Å². The van der Waals surface area contributed by atoms with Crippen LogP contribution in [-0.4, -0.2) is 161 Å². The Balaban J connectivity index is 1.48. The topological polar surface area (TPSA) is 290 Å². The van der Waals surface area contributed by atoms with Gasteiger partial charge in [0.25, 0.3) is 5.91 Å². The van der Waals surface area contributed by atoms with Crippen molar-refractivity contribution < 1.29 is 54.4 Å². The summed E-state index contributed by atoms with van der Waals surface area (Å²) in [4.78, 5) is 12.8. The Kier molecular flexibility index (Phi) is 12.0. The third-order valence-corrected chi connectivity index (χ3v) is 9.10. The maximum Gasteiger partial charge on any atom is 0.251 e. The number of aliphatic hydroxyl groups is 6. The lowest BCUT2D eigenvalue weighted by molar-refractivity contribution is -0.307. The van der Waals surface area contributed by atoms with Gasteiger partial charge in [-0.05, 0) is 46.1 Å². The molecular weight excluding hydrogens is 584 g/mol. The third kappa shape index (κ3) is 8.41. The largest absolute Gasteiger partial charge is 0.389 e. The highest BCUT2D eigenvalue weighted by Crippen LogP contribution is 2.34. The Morgan fingerprint density at radius 1 is 1.05 bits per heavy atom. The second-order valence-electron chi connectivity index (χ2n) is 13.0. The Bertz CT molecular complexity index is 948. The number of likely N-dealkylation sites (N-methyl/N-ethyl adjacent to an activating group) is 1. The molecule has 2 saturated heterocycles. The van der Waals surface area contributed by atoms with Crippen LogP contribution in [0.15, 0.2) is 0 Å². The zero-order valence-corrected chi connectivity index (χ0v) is 25.3. The summed E-state index contributed by atoms with van der Waals surface area (Å²) in [5.74, 6) is -0.967. The average molecular weight is 637 g/mol. The molecule has 0 bridgehead atoms. The number of rotatable bonds is 13. The monoisotopic (exact) mass is 636 g/mol. The molecule has 2 aliphatic carbocycles. The van der Waals surface area contributed by atoms with Crippen LogP contribution in [0.3, 0.4) is 0 Å². The molecule has 2 saturated carbocycles. The number of ether oxygens (including phenoxy) is 4. The van der Waals surface area contributed by atoms with E-state index in [1.165, 1.54) is 6.92 Å². The molecule has 17 heteroatoms. The van der Waals surface area contributed by atoms with Gasteiger partial charge in [-0.3, -0.25) is 4.79 Å². The van der Waals surface area contributed by atoms with E-state index >= 15 is 0 Å². The van der Waals surface area contributed by atoms with Crippen molar-refractivity contribution in [1.29, 1.82) is 0 Å². The number of amides is 1. The summed E-state index contributed by atoms with van der Waals surface area (Å²) in [6, 6.07) is -3.27. The zero-order valence-electron chi connectivity index (χ0n) is 25.3. The van der Waals surface area contributed by atoms with Gasteiger partial charge < -0.3 is 82.7 Å². The minimum absolute atomic E-state index is 0.00884. The van der Waals surface area contributed by atoms with Gasteiger partial charge in [-0.15, -0.1) is 0 Å². The minimum Gasteiger partial charge on any atom is -0.389 e. The molecule has 0 radical (unpaired) electrons. The highest BCUT2D eigenvalue weighted by molar-refractivity contribution is 5.81. The molecule has 0 spiro atoms. The van der Waals surface area contributed by atoms with Crippen LogP contribution in [0.1, 0.15) is 39.0 Å². The van der Waals surface area contributed by atoms with Crippen LogP contribution in [-0.2, 0) is 23.7 Å². The first kappa shape index (κ1) is 35.7.